The molecule has 0 nitrogen and oxygen atoms in total. The normalized spacial score (nSPS) is 12.0. The molecule has 0 atom stereocenters. The molecule has 0 rings (SSSR count). The molecular weight excluding hydrogens is 267 g/mol. The Labute approximate surface area is 56.0 Å². The van der Waals surface area contributed by atoms with Crippen molar-refractivity contribution in [1.29, 1.82) is 0 Å². The van der Waals surface area contributed by atoms with Gasteiger partial charge in [-0.25, -0.2) is 0 Å². The molecule has 0 aromatic heterocycles. The second-order valence-corrected chi connectivity index (χ2v) is 4.11. The molecule has 0 aromatic rings. The van der Waals surface area contributed by atoms with Crippen LogP contribution in [-0.4, -0.2) is 25.8 Å². The summed E-state index contributed by atoms with van der Waals surface area (Å²) in [6.07, 6.45) is 0. The van der Waals surface area contributed by atoms with Crippen molar-refractivity contribution in [3.8, 4) is 0 Å². The molecule has 1 heteroatoms. The second-order valence-electron chi connectivity index (χ2n) is 2.74. The third-order valence-electron chi connectivity index (χ3n) is 0.530. The van der Waals surface area contributed by atoms with E-state index >= 15 is 0 Å². The number of hydrogen-bond donors (Lipinski definition) is 0. The molecule has 0 spiro atoms. The molecule has 35 valence electrons. The molecule has 0 aliphatic carbocycles. The molecule has 0 aliphatic heterocycles. The Morgan fingerprint density at radius 2 is 1.50 bits per heavy atom. The molecule has 0 bridgehead atoms. The van der Waals surface area contributed by atoms with Gasteiger partial charge in [-0.3, -0.25) is 0 Å². The van der Waals surface area contributed by atoms with Gasteiger partial charge in [0.15, 0.2) is 0 Å². The zero-order valence-corrected chi connectivity index (χ0v) is 8.59. The van der Waals surface area contributed by atoms with Gasteiger partial charge in [-0.05, 0) is 0 Å². The summed E-state index contributed by atoms with van der Waals surface area (Å²) < 4.78 is 1.41. The Morgan fingerprint density at radius 1 is 1.33 bits per heavy atom. The predicted octanol–water partition coefficient (Wildman–Crippen LogP) is 1.62. The third-order valence-corrected chi connectivity index (χ3v) is 4.65. The summed E-state index contributed by atoms with van der Waals surface area (Å²) in [4.78, 5) is 0. The summed E-state index contributed by atoms with van der Waals surface area (Å²) >= 11 is 1.35. The molecule has 3 radical (unpaired) electrons. The topological polar surface area (TPSA) is 0 Å². The average molecular weight is 278 g/mol. The number of rotatable bonds is 0. The van der Waals surface area contributed by atoms with Crippen LogP contribution >= 0.6 is 0 Å². The summed E-state index contributed by atoms with van der Waals surface area (Å²) in [5.41, 5.74) is 0.603. The van der Waals surface area contributed by atoms with E-state index in [2.05, 4.69) is 20.8 Å². The Hall–Kier alpha value is 0.922. The molecule has 0 amide bonds. The van der Waals surface area contributed by atoms with Crippen molar-refractivity contribution in [2.45, 2.75) is 24.8 Å². The second kappa shape index (κ2) is 2.29. The first-order valence-electron chi connectivity index (χ1n) is 2.21. The molecule has 0 aromatic carbocycles. The van der Waals surface area contributed by atoms with Crippen LogP contribution in [0.5, 0.6) is 0 Å². The average Bonchev–Trinajstić information content (AvgIpc) is 1.35. The van der Waals surface area contributed by atoms with Crippen molar-refractivity contribution in [2.24, 2.45) is 5.41 Å². The van der Waals surface area contributed by atoms with Gasteiger partial charge in [-0.2, -0.15) is 0 Å². The molecule has 0 N–H and O–H groups in total. The van der Waals surface area contributed by atoms with Crippen LogP contribution in [0.3, 0.4) is 0 Å². The van der Waals surface area contributed by atoms with Gasteiger partial charge in [0.05, 0.1) is 0 Å². The fourth-order valence-electron chi connectivity index (χ4n) is 0. The van der Waals surface area contributed by atoms with E-state index < -0.39 is 0 Å². The molecule has 0 saturated heterocycles. The Kier molecular flexibility index (Phi) is 2.64. The Morgan fingerprint density at radius 3 is 1.50 bits per heavy atom. The van der Waals surface area contributed by atoms with Crippen molar-refractivity contribution >= 4 is 25.8 Å². The predicted molar refractivity (Wildman–Crippen MR) is 30.0 cm³/mol. The first-order valence-corrected chi connectivity index (χ1v) is 4.96. The monoisotopic (exact) mass is 279 g/mol. The van der Waals surface area contributed by atoms with Crippen molar-refractivity contribution in [1.82, 2.24) is 0 Å². The maximum absolute atomic E-state index is 2.28. The van der Waals surface area contributed by atoms with Crippen molar-refractivity contribution < 1.29 is 0 Å². The summed E-state index contributed by atoms with van der Waals surface area (Å²) in [6, 6.07) is 0. The van der Waals surface area contributed by atoms with E-state index in [1.807, 2.05) is 0 Å². The van der Waals surface area contributed by atoms with Crippen molar-refractivity contribution in [3.05, 3.63) is 0 Å². The molecular formula is C5H11Pb. The van der Waals surface area contributed by atoms with E-state index in [9.17, 15) is 0 Å². The van der Waals surface area contributed by atoms with Gasteiger partial charge in [-0.1, -0.05) is 0 Å². The van der Waals surface area contributed by atoms with Crippen LogP contribution in [0.2, 0.25) is 3.98 Å². The van der Waals surface area contributed by atoms with Crippen LogP contribution in [0.25, 0.3) is 0 Å². The molecule has 0 saturated carbocycles. The molecule has 6 heavy (non-hydrogen) atoms. The van der Waals surface area contributed by atoms with Crippen LogP contribution in [0, 0.1) is 5.41 Å². The fraction of sp³-hybridized carbons (Fsp3) is 1.00. The van der Waals surface area contributed by atoms with Gasteiger partial charge in [-0.15, -0.1) is 0 Å². The van der Waals surface area contributed by atoms with E-state index in [0.717, 1.165) is 0 Å². The van der Waals surface area contributed by atoms with Crippen LogP contribution in [-0.2, 0) is 0 Å². The van der Waals surface area contributed by atoms with Crippen LogP contribution in [0.1, 0.15) is 20.8 Å². The minimum atomic E-state index is 0.603. The van der Waals surface area contributed by atoms with E-state index in [-0.39, 0.29) is 0 Å². The van der Waals surface area contributed by atoms with Crippen molar-refractivity contribution in [2.75, 3.05) is 0 Å². The summed E-state index contributed by atoms with van der Waals surface area (Å²) in [5, 5.41) is 0. The maximum atomic E-state index is 2.28. The standard InChI is InChI=1S/C5H11.Pb/c1-5(2,3)4;/h1H2,2-4H3;. The van der Waals surface area contributed by atoms with E-state index in [0.29, 0.717) is 5.41 Å². The minimum absolute atomic E-state index is 0.603. The van der Waals surface area contributed by atoms with Crippen LogP contribution in [0.15, 0.2) is 0 Å². The SMILES string of the molecule is CC(C)(C)[CH2][Pb]. The summed E-state index contributed by atoms with van der Waals surface area (Å²) in [5.74, 6) is 0. The van der Waals surface area contributed by atoms with E-state index in [4.69, 9.17) is 0 Å². The molecule has 0 heterocycles. The quantitative estimate of drug-likeness (QED) is 0.591. The zero-order valence-electron chi connectivity index (χ0n) is 4.71. The van der Waals surface area contributed by atoms with Crippen LogP contribution < -0.4 is 0 Å². The van der Waals surface area contributed by atoms with Gasteiger partial charge >= 0.3 is 55.9 Å². The zero-order chi connectivity index (χ0) is 5.21. The Bertz CT molecular complexity index is 33.7. The van der Waals surface area contributed by atoms with E-state index in [1.165, 1.54) is 29.7 Å². The molecule has 0 aliphatic rings. The van der Waals surface area contributed by atoms with Crippen molar-refractivity contribution in [3.63, 3.8) is 0 Å². The number of hydrogen-bond acceptors (Lipinski definition) is 0. The molecule has 0 fully saturated rings. The van der Waals surface area contributed by atoms with Gasteiger partial charge in [0, 0.05) is 0 Å². The van der Waals surface area contributed by atoms with Gasteiger partial charge in [0.25, 0.3) is 0 Å². The first-order chi connectivity index (χ1) is 2.56. The van der Waals surface area contributed by atoms with Gasteiger partial charge in [0.1, 0.15) is 0 Å². The molecule has 0 unspecified atom stereocenters. The summed E-state index contributed by atoms with van der Waals surface area (Å²) in [6.45, 7) is 6.83. The third kappa shape index (κ3) is 4.92. The van der Waals surface area contributed by atoms with E-state index in [1.54, 1.807) is 0 Å². The summed E-state index contributed by atoms with van der Waals surface area (Å²) in [7, 11) is 0. The first kappa shape index (κ1) is 6.92. The fourth-order valence-corrected chi connectivity index (χ4v) is 0. The van der Waals surface area contributed by atoms with Gasteiger partial charge < -0.3 is 0 Å². The Balaban J connectivity index is 3.17. The van der Waals surface area contributed by atoms with Crippen LogP contribution in [0.4, 0.5) is 0 Å². The van der Waals surface area contributed by atoms with Gasteiger partial charge in [0.2, 0.25) is 0 Å².